The number of Topliss-reactive ketones (excluding diaryl/α,β-unsaturated/α-hetero) is 1. The Balaban J connectivity index is 0.000000325. The Morgan fingerprint density at radius 3 is 1.94 bits per heavy atom. The van der Waals surface area contributed by atoms with Crippen molar-refractivity contribution in [2.24, 2.45) is 0 Å². The number of carboxylic acid groups (broad SMARTS) is 1. The van der Waals surface area contributed by atoms with Crippen LogP contribution in [0.25, 0.3) is 0 Å². The third-order valence-electron chi connectivity index (χ3n) is 1.24. The summed E-state index contributed by atoms with van der Waals surface area (Å²) in [4.78, 5) is 29.0. The van der Waals surface area contributed by atoms with Crippen LogP contribution in [-0.4, -0.2) is 22.3 Å². The van der Waals surface area contributed by atoms with Gasteiger partial charge in [0.2, 0.25) is 5.78 Å². The molecule has 1 N–H and O–H groups in total. The second kappa shape index (κ2) is 7.42. The Kier molecular flexibility index (Phi) is 6.55. The molecule has 0 saturated carbocycles. The molecule has 1 rings (SSSR count). The highest BCUT2D eigenvalue weighted by atomic mass is 35.5. The van der Waals surface area contributed by atoms with Gasteiger partial charge in [-0.05, 0) is 12.1 Å². The third-order valence-corrected chi connectivity index (χ3v) is 1.32. The lowest BCUT2D eigenvalue weighted by Crippen LogP contribution is -2.05. The standard InChI is InChI=1S/C7H5ClO2.C3H4O3/c8-7(9)10-6-4-2-1-3-5-6;1-2(4)3(5)6/h1-5H;1H3,(H,5,6). The number of ether oxygens (including phenoxy) is 1. The van der Waals surface area contributed by atoms with E-state index in [1.807, 2.05) is 6.07 Å². The molecule has 16 heavy (non-hydrogen) atoms. The highest BCUT2D eigenvalue weighted by molar-refractivity contribution is 6.61. The maximum Gasteiger partial charge on any atom is 0.409 e. The number of hydrogen-bond acceptors (Lipinski definition) is 4. The van der Waals surface area contributed by atoms with E-state index in [0.29, 0.717) is 5.75 Å². The summed E-state index contributed by atoms with van der Waals surface area (Å²) in [5, 5.41) is 7.64. The molecule has 1 aromatic rings. The zero-order valence-corrected chi connectivity index (χ0v) is 9.10. The Hall–Kier alpha value is -1.88. The molecule has 5 nitrogen and oxygen atoms in total. The maximum atomic E-state index is 10.2. The number of benzene rings is 1. The minimum absolute atomic E-state index is 0.461. The van der Waals surface area contributed by atoms with Crippen molar-refractivity contribution in [2.75, 3.05) is 0 Å². The molecule has 0 unspecified atom stereocenters. The average molecular weight is 245 g/mol. The Bertz CT molecular complexity index is 362. The number of ketones is 1. The summed E-state index contributed by atoms with van der Waals surface area (Å²) in [5.41, 5.74) is -0.814. The number of carbonyl (C=O) groups is 3. The minimum Gasteiger partial charge on any atom is -0.476 e. The van der Waals surface area contributed by atoms with E-state index in [1.165, 1.54) is 0 Å². The molecule has 0 spiro atoms. The number of aliphatic carboxylic acids is 1. The van der Waals surface area contributed by atoms with Crippen LogP contribution in [0.1, 0.15) is 6.92 Å². The molecular formula is C10H9ClO5. The van der Waals surface area contributed by atoms with E-state index in [0.717, 1.165) is 6.92 Å². The van der Waals surface area contributed by atoms with E-state index < -0.39 is 17.2 Å². The predicted molar refractivity (Wildman–Crippen MR) is 56.6 cm³/mol. The molecule has 0 bridgehead atoms. The van der Waals surface area contributed by atoms with Crippen molar-refractivity contribution < 1.29 is 24.2 Å². The number of carbonyl (C=O) groups excluding carboxylic acids is 2. The summed E-state index contributed by atoms with van der Waals surface area (Å²) in [7, 11) is 0. The number of hydrogen-bond donors (Lipinski definition) is 1. The first-order valence-electron chi connectivity index (χ1n) is 4.09. The monoisotopic (exact) mass is 244 g/mol. The van der Waals surface area contributed by atoms with Gasteiger partial charge in [-0.1, -0.05) is 18.2 Å². The van der Waals surface area contributed by atoms with Crippen LogP contribution in [-0.2, 0) is 9.59 Å². The van der Waals surface area contributed by atoms with Gasteiger partial charge in [0, 0.05) is 18.5 Å². The lowest BCUT2D eigenvalue weighted by molar-refractivity contribution is -0.148. The first-order valence-corrected chi connectivity index (χ1v) is 4.47. The molecule has 0 aliphatic carbocycles. The molecule has 0 amide bonds. The Labute approximate surface area is 96.6 Å². The quantitative estimate of drug-likeness (QED) is 0.636. The lowest BCUT2D eigenvalue weighted by Gasteiger charge is -1.95. The van der Waals surface area contributed by atoms with Crippen molar-refractivity contribution in [3.8, 4) is 5.75 Å². The van der Waals surface area contributed by atoms with Crippen LogP contribution in [0.2, 0.25) is 0 Å². The fourth-order valence-corrected chi connectivity index (χ4v) is 0.670. The summed E-state index contributed by atoms with van der Waals surface area (Å²) >= 11 is 4.95. The molecule has 0 fully saturated rings. The molecular weight excluding hydrogens is 236 g/mol. The number of rotatable bonds is 2. The summed E-state index contributed by atoms with van der Waals surface area (Å²) < 4.78 is 4.54. The predicted octanol–water partition coefficient (Wildman–Crippen LogP) is 2.08. The number of halogens is 1. The van der Waals surface area contributed by atoms with Crippen LogP contribution in [0.15, 0.2) is 30.3 Å². The highest BCUT2D eigenvalue weighted by Gasteiger charge is 1.99. The van der Waals surface area contributed by atoms with Crippen LogP contribution in [0.3, 0.4) is 0 Å². The van der Waals surface area contributed by atoms with Gasteiger partial charge in [0.15, 0.2) is 0 Å². The van der Waals surface area contributed by atoms with Crippen LogP contribution < -0.4 is 4.74 Å². The van der Waals surface area contributed by atoms with E-state index in [2.05, 4.69) is 4.74 Å². The third kappa shape index (κ3) is 7.52. The minimum atomic E-state index is -1.38. The Morgan fingerprint density at radius 1 is 1.19 bits per heavy atom. The Morgan fingerprint density at radius 2 is 1.62 bits per heavy atom. The van der Waals surface area contributed by atoms with Crippen molar-refractivity contribution in [3.05, 3.63) is 30.3 Å². The largest absolute Gasteiger partial charge is 0.476 e. The van der Waals surface area contributed by atoms with Gasteiger partial charge in [0.1, 0.15) is 5.75 Å². The molecule has 6 heteroatoms. The first kappa shape index (κ1) is 14.1. The molecule has 1 aromatic carbocycles. The second-order valence-electron chi connectivity index (χ2n) is 2.51. The van der Waals surface area contributed by atoms with Gasteiger partial charge in [-0.3, -0.25) is 4.79 Å². The van der Waals surface area contributed by atoms with Crippen molar-refractivity contribution in [1.82, 2.24) is 0 Å². The molecule has 0 radical (unpaired) electrons. The van der Waals surface area contributed by atoms with Gasteiger partial charge >= 0.3 is 11.4 Å². The fraction of sp³-hybridized carbons (Fsp3) is 0.100. The van der Waals surface area contributed by atoms with Crippen molar-refractivity contribution in [1.29, 1.82) is 0 Å². The average Bonchev–Trinajstić information content (AvgIpc) is 2.19. The molecule has 0 aliphatic heterocycles. The maximum absolute atomic E-state index is 10.2. The van der Waals surface area contributed by atoms with E-state index >= 15 is 0 Å². The SMILES string of the molecule is CC(=O)C(=O)O.O=C(Cl)Oc1ccccc1. The van der Waals surface area contributed by atoms with Crippen LogP contribution >= 0.6 is 11.6 Å². The van der Waals surface area contributed by atoms with Crippen LogP contribution in [0, 0.1) is 0 Å². The van der Waals surface area contributed by atoms with Gasteiger partial charge < -0.3 is 9.84 Å². The first-order chi connectivity index (χ1) is 7.43. The fourth-order valence-electron chi connectivity index (χ4n) is 0.581. The summed E-state index contributed by atoms with van der Waals surface area (Å²) in [6.07, 6.45) is 0. The number of carboxylic acids is 1. The zero-order valence-electron chi connectivity index (χ0n) is 8.34. The van der Waals surface area contributed by atoms with Gasteiger partial charge in [-0.2, -0.15) is 0 Å². The topological polar surface area (TPSA) is 80.7 Å². The summed E-state index contributed by atoms with van der Waals surface area (Å²) in [6, 6.07) is 8.65. The van der Waals surface area contributed by atoms with Gasteiger partial charge in [0.05, 0.1) is 0 Å². The van der Waals surface area contributed by atoms with E-state index in [1.54, 1.807) is 24.3 Å². The van der Waals surface area contributed by atoms with Gasteiger partial charge in [-0.25, -0.2) is 9.59 Å². The van der Waals surface area contributed by atoms with Crippen molar-refractivity contribution in [2.45, 2.75) is 6.92 Å². The van der Waals surface area contributed by atoms with Gasteiger partial charge in [-0.15, -0.1) is 0 Å². The molecule has 0 aromatic heterocycles. The molecule has 0 heterocycles. The van der Waals surface area contributed by atoms with Crippen molar-refractivity contribution in [3.63, 3.8) is 0 Å². The number of para-hydroxylation sites is 1. The van der Waals surface area contributed by atoms with E-state index in [-0.39, 0.29) is 0 Å². The molecule has 0 atom stereocenters. The smallest absolute Gasteiger partial charge is 0.409 e. The molecule has 0 aliphatic rings. The molecule has 86 valence electrons. The van der Waals surface area contributed by atoms with Crippen molar-refractivity contribution >= 4 is 28.8 Å². The second-order valence-corrected chi connectivity index (χ2v) is 2.82. The van der Waals surface area contributed by atoms with E-state index in [4.69, 9.17) is 16.7 Å². The normalized spacial score (nSPS) is 8.38. The molecule has 0 saturated heterocycles. The highest BCUT2D eigenvalue weighted by Crippen LogP contribution is 2.09. The van der Waals surface area contributed by atoms with Gasteiger partial charge in [0.25, 0.3) is 0 Å². The van der Waals surface area contributed by atoms with E-state index in [9.17, 15) is 14.4 Å². The summed E-state index contributed by atoms with van der Waals surface area (Å²) in [6.45, 7) is 1.00. The van der Waals surface area contributed by atoms with Crippen LogP contribution in [0.4, 0.5) is 4.79 Å². The zero-order chi connectivity index (χ0) is 12.6. The van der Waals surface area contributed by atoms with Crippen LogP contribution in [0.5, 0.6) is 5.75 Å². The lowest BCUT2D eigenvalue weighted by atomic mass is 10.3. The summed E-state index contributed by atoms with van der Waals surface area (Å²) in [5.74, 6) is -1.74.